The predicted octanol–water partition coefficient (Wildman–Crippen LogP) is 1.07. The van der Waals surface area contributed by atoms with Crippen LogP contribution in [0.2, 0.25) is 0 Å². The fraction of sp³-hybridized carbons (Fsp3) is 0.333. The van der Waals surface area contributed by atoms with Gasteiger partial charge in [-0.05, 0) is 13.0 Å². The molecular weight excluding hydrogens is 222 g/mol. The third-order valence-corrected chi connectivity index (χ3v) is 2.52. The number of para-hydroxylation sites is 1. The molecule has 2 N–H and O–H groups in total. The smallest absolute Gasteiger partial charge is 0.315 e. The summed E-state index contributed by atoms with van der Waals surface area (Å²) in [5.74, 6) is -2.62. The summed E-state index contributed by atoms with van der Waals surface area (Å²) < 4.78 is 0. The SMILES string of the molecule is CC(C(=O)O)C(=O)N(C)Cc1ccccc1O. The maximum absolute atomic E-state index is 11.7. The van der Waals surface area contributed by atoms with Crippen molar-refractivity contribution in [3.05, 3.63) is 29.8 Å². The fourth-order valence-electron chi connectivity index (χ4n) is 1.41. The molecule has 0 saturated heterocycles. The summed E-state index contributed by atoms with van der Waals surface area (Å²) in [5.41, 5.74) is 0.584. The zero-order valence-electron chi connectivity index (χ0n) is 9.75. The van der Waals surface area contributed by atoms with E-state index < -0.39 is 17.8 Å². The summed E-state index contributed by atoms with van der Waals surface area (Å²) in [7, 11) is 1.51. The van der Waals surface area contributed by atoms with Gasteiger partial charge in [0.05, 0.1) is 0 Å². The van der Waals surface area contributed by atoms with E-state index in [2.05, 4.69) is 0 Å². The Hall–Kier alpha value is -2.04. The lowest BCUT2D eigenvalue weighted by Gasteiger charge is -2.19. The van der Waals surface area contributed by atoms with Crippen molar-refractivity contribution in [3.8, 4) is 5.75 Å². The van der Waals surface area contributed by atoms with Crippen molar-refractivity contribution in [2.45, 2.75) is 13.5 Å². The van der Waals surface area contributed by atoms with Gasteiger partial charge in [-0.15, -0.1) is 0 Å². The third-order valence-electron chi connectivity index (χ3n) is 2.52. The van der Waals surface area contributed by atoms with Crippen LogP contribution in [-0.2, 0) is 16.1 Å². The van der Waals surface area contributed by atoms with E-state index in [0.29, 0.717) is 5.56 Å². The van der Waals surface area contributed by atoms with Gasteiger partial charge in [-0.3, -0.25) is 9.59 Å². The summed E-state index contributed by atoms with van der Waals surface area (Å²) in [6.45, 7) is 1.52. The van der Waals surface area contributed by atoms with Gasteiger partial charge in [-0.25, -0.2) is 0 Å². The Kier molecular flexibility index (Phi) is 4.09. The highest BCUT2D eigenvalue weighted by molar-refractivity contribution is 5.96. The third kappa shape index (κ3) is 3.21. The number of carbonyl (C=O) groups excluding carboxylic acids is 1. The van der Waals surface area contributed by atoms with E-state index in [4.69, 9.17) is 5.11 Å². The monoisotopic (exact) mass is 237 g/mol. The number of carboxylic acids is 1. The molecule has 1 amide bonds. The summed E-state index contributed by atoms with van der Waals surface area (Å²) >= 11 is 0. The maximum atomic E-state index is 11.7. The van der Waals surface area contributed by atoms with Crippen LogP contribution in [0.4, 0.5) is 0 Å². The Balaban J connectivity index is 2.73. The topological polar surface area (TPSA) is 77.8 Å². The first-order chi connectivity index (χ1) is 7.93. The Bertz CT molecular complexity index is 430. The largest absolute Gasteiger partial charge is 0.508 e. The first-order valence-corrected chi connectivity index (χ1v) is 5.18. The van der Waals surface area contributed by atoms with E-state index in [9.17, 15) is 14.7 Å². The molecule has 92 valence electrons. The summed E-state index contributed by atoms with van der Waals surface area (Å²) in [6.07, 6.45) is 0. The van der Waals surface area contributed by atoms with Crippen LogP contribution in [0.3, 0.4) is 0 Å². The molecule has 5 heteroatoms. The molecule has 0 radical (unpaired) electrons. The van der Waals surface area contributed by atoms with Crippen molar-refractivity contribution >= 4 is 11.9 Å². The number of amides is 1. The van der Waals surface area contributed by atoms with Crippen LogP contribution in [0.15, 0.2) is 24.3 Å². The van der Waals surface area contributed by atoms with E-state index in [0.717, 1.165) is 0 Å². The summed E-state index contributed by atoms with van der Waals surface area (Å²) in [5, 5.41) is 18.3. The molecule has 1 atom stereocenters. The lowest BCUT2D eigenvalue weighted by Crippen LogP contribution is -2.34. The van der Waals surface area contributed by atoms with E-state index in [1.54, 1.807) is 18.2 Å². The molecule has 1 rings (SSSR count). The van der Waals surface area contributed by atoms with Gasteiger partial charge < -0.3 is 15.1 Å². The van der Waals surface area contributed by atoms with Crippen molar-refractivity contribution in [1.82, 2.24) is 4.90 Å². The number of carbonyl (C=O) groups is 2. The molecule has 17 heavy (non-hydrogen) atoms. The standard InChI is InChI=1S/C12H15NO4/c1-8(12(16)17)11(15)13(2)7-9-5-3-4-6-10(9)14/h3-6,8,14H,7H2,1-2H3,(H,16,17). The van der Waals surface area contributed by atoms with E-state index in [1.165, 1.54) is 24.9 Å². The van der Waals surface area contributed by atoms with Gasteiger partial charge >= 0.3 is 5.97 Å². The average Bonchev–Trinajstić information content (AvgIpc) is 2.30. The van der Waals surface area contributed by atoms with E-state index >= 15 is 0 Å². The first kappa shape index (κ1) is 13.0. The summed E-state index contributed by atoms with van der Waals surface area (Å²) in [4.78, 5) is 23.6. The molecular formula is C12H15NO4. The molecule has 0 spiro atoms. The number of carboxylic acid groups (broad SMARTS) is 1. The first-order valence-electron chi connectivity index (χ1n) is 5.18. The molecule has 0 aliphatic rings. The van der Waals surface area contributed by atoms with Gasteiger partial charge in [0.25, 0.3) is 0 Å². The molecule has 1 aromatic carbocycles. The maximum Gasteiger partial charge on any atom is 0.315 e. The molecule has 0 fully saturated rings. The number of phenols is 1. The molecule has 0 heterocycles. The van der Waals surface area contributed by atoms with Crippen LogP contribution in [0, 0.1) is 5.92 Å². The Morgan fingerprint density at radius 3 is 2.47 bits per heavy atom. The molecule has 0 aliphatic carbocycles. The second kappa shape index (κ2) is 5.34. The van der Waals surface area contributed by atoms with E-state index in [-0.39, 0.29) is 12.3 Å². The second-order valence-electron chi connectivity index (χ2n) is 3.88. The average molecular weight is 237 g/mol. The van der Waals surface area contributed by atoms with Crippen molar-refractivity contribution < 1.29 is 19.8 Å². The quantitative estimate of drug-likeness (QED) is 0.768. The lowest BCUT2D eigenvalue weighted by atomic mass is 10.1. The number of nitrogens with zero attached hydrogens (tertiary/aromatic N) is 1. The van der Waals surface area contributed by atoms with E-state index in [1.807, 2.05) is 0 Å². The molecule has 0 aromatic heterocycles. The number of aliphatic carboxylic acids is 1. The van der Waals surface area contributed by atoms with Crippen LogP contribution in [0.1, 0.15) is 12.5 Å². The highest BCUT2D eigenvalue weighted by Gasteiger charge is 2.24. The number of benzene rings is 1. The number of rotatable bonds is 4. The number of hydrogen-bond acceptors (Lipinski definition) is 3. The zero-order valence-corrected chi connectivity index (χ0v) is 9.75. The Labute approximate surface area is 99.3 Å². The van der Waals surface area contributed by atoms with Gasteiger partial charge in [-0.1, -0.05) is 18.2 Å². The molecule has 0 bridgehead atoms. The lowest BCUT2D eigenvalue weighted by molar-refractivity contribution is -0.149. The van der Waals surface area contributed by atoms with Crippen LogP contribution >= 0.6 is 0 Å². The van der Waals surface area contributed by atoms with Crippen molar-refractivity contribution in [2.75, 3.05) is 7.05 Å². The zero-order chi connectivity index (χ0) is 13.0. The Morgan fingerprint density at radius 2 is 1.94 bits per heavy atom. The van der Waals surface area contributed by atoms with Gasteiger partial charge in [-0.2, -0.15) is 0 Å². The Morgan fingerprint density at radius 1 is 1.35 bits per heavy atom. The number of phenolic OH excluding ortho intramolecular Hbond substituents is 1. The van der Waals surface area contributed by atoms with Crippen LogP contribution < -0.4 is 0 Å². The molecule has 0 saturated carbocycles. The highest BCUT2D eigenvalue weighted by Crippen LogP contribution is 2.17. The summed E-state index contributed by atoms with van der Waals surface area (Å²) in [6, 6.07) is 6.63. The van der Waals surface area contributed by atoms with Gasteiger partial charge in [0.15, 0.2) is 0 Å². The minimum absolute atomic E-state index is 0.0927. The normalized spacial score (nSPS) is 11.9. The highest BCUT2D eigenvalue weighted by atomic mass is 16.4. The predicted molar refractivity (Wildman–Crippen MR) is 61.4 cm³/mol. The van der Waals surface area contributed by atoms with Crippen molar-refractivity contribution in [1.29, 1.82) is 0 Å². The van der Waals surface area contributed by atoms with Crippen LogP contribution in [-0.4, -0.2) is 34.0 Å². The fourth-order valence-corrected chi connectivity index (χ4v) is 1.41. The van der Waals surface area contributed by atoms with Crippen LogP contribution in [0.25, 0.3) is 0 Å². The minimum atomic E-state index is -1.15. The minimum Gasteiger partial charge on any atom is -0.508 e. The molecule has 1 unspecified atom stereocenters. The molecule has 1 aromatic rings. The van der Waals surface area contributed by atoms with Crippen molar-refractivity contribution in [2.24, 2.45) is 5.92 Å². The number of aromatic hydroxyl groups is 1. The molecule has 0 aliphatic heterocycles. The van der Waals surface area contributed by atoms with Gasteiger partial charge in [0.1, 0.15) is 11.7 Å². The van der Waals surface area contributed by atoms with Gasteiger partial charge in [0, 0.05) is 19.2 Å². The second-order valence-corrected chi connectivity index (χ2v) is 3.88. The molecule has 5 nitrogen and oxygen atoms in total. The van der Waals surface area contributed by atoms with Crippen LogP contribution in [0.5, 0.6) is 5.75 Å². The van der Waals surface area contributed by atoms with Crippen molar-refractivity contribution in [3.63, 3.8) is 0 Å². The number of hydrogen-bond donors (Lipinski definition) is 2. The van der Waals surface area contributed by atoms with Gasteiger partial charge in [0.2, 0.25) is 5.91 Å².